The van der Waals surface area contributed by atoms with E-state index in [0.29, 0.717) is 12.1 Å². The minimum atomic E-state index is -0.434. The zero-order valence-electron chi connectivity index (χ0n) is 17.2. The highest BCUT2D eigenvalue weighted by atomic mass is 19.1. The van der Waals surface area contributed by atoms with Gasteiger partial charge in [-0.05, 0) is 48.2 Å². The summed E-state index contributed by atoms with van der Waals surface area (Å²) in [5, 5.41) is 3.03. The Bertz CT molecular complexity index is 1020. The van der Waals surface area contributed by atoms with E-state index in [1.807, 2.05) is 53.4 Å². The van der Waals surface area contributed by atoms with Gasteiger partial charge in [0.25, 0.3) is 5.91 Å². The Kier molecular flexibility index (Phi) is 6.41. The lowest BCUT2D eigenvalue weighted by atomic mass is 10.0. The number of benzene rings is 3. The fraction of sp³-hybridized carbons (Fsp3) is 0.231. The van der Waals surface area contributed by atoms with Crippen LogP contribution in [0, 0.1) is 5.82 Å². The standard InChI is InChI=1S/C26H25FN2O2/c27-22-13-11-19(12-14-22)18-29(23-15-16-23)25(30)17-24(20-7-3-1-4-8-20)28-26(31)21-9-5-2-6-10-21/h1-14,23-24H,15-18H2,(H,28,31). The number of hydrogen-bond donors (Lipinski definition) is 1. The van der Waals surface area contributed by atoms with Gasteiger partial charge >= 0.3 is 0 Å². The molecule has 3 aromatic carbocycles. The maximum atomic E-state index is 13.3. The van der Waals surface area contributed by atoms with Crippen molar-refractivity contribution in [1.82, 2.24) is 10.2 Å². The molecule has 0 heterocycles. The first-order chi connectivity index (χ1) is 15.1. The predicted octanol–water partition coefficient (Wildman–Crippen LogP) is 4.88. The molecule has 1 N–H and O–H groups in total. The minimum absolute atomic E-state index is 0.0194. The van der Waals surface area contributed by atoms with E-state index in [4.69, 9.17) is 0 Å². The number of carbonyl (C=O) groups excluding carboxylic acids is 2. The monoisotopic (exact) mass is 416 g/mol. The normalized spacial score (nSPS) is 14.0. The molecule has 2 amide bonds. The largest absolute Gasteiger partial charge is 0.345 e. The van der Waals surface area contributed by atoms with Gasteiger partial charge in [-0.2, -0.15) is 0 Å². The first-order valence-corrected chi connectivity index (χ1v) is 10.5. The van der Waals surface area contributed by atoms with Crippen molar-refractivity contribution in [1.29, 1.82) is 0 Å². The number of rotatable bonds is 8. The molecule has 1 fully saturated rings. The number of halogens is 1. The summed E-state index contributed by atoms with van der Waals surface area (Å²) < 4.78 is 13.3. The highest BCUT2D eigenvalue weighted by Gasteiger charge is 2.34. The van der Waals surface area contributed by atoms with Crippen LogP contribution in [0.5, 0.6) is 0 Å². The molecule has 1 unspecified atom stereocenters. The first-order valence-electron chi connectivity index (χ1n) is 10.5. The van der Waals surface area contributed by atoms with E-state index in [2.05, 4.69) is 5.32 Å². The average Bonchev–Trinajstić information content (AvgIpc) is 3.64. The summed E-state index contributed by atoms with van der Waals surface area (Å²) >= 11 is 0. The van der Waals surface area contributed by atoms with Crippen LogP contribution in [-0.2, 0) is 11.3 Å². The van der Waals surface area contributed by atoms with Gasteiger partial charge in [0.2, 0.25) is 5.91 Å². The summed E-state index contributed by atoms with van der Waals surface area (Å²) in [6.07, 6.45) is 2.11. The van der Waals surface area contributed by atoms with Crippen LogP contribution in [0.4, 0.5) is 4.39 Å². The van der Waals surface area contributed by atoms with Gasteiger partial charge in [0, 0.05) is 18.2 Å². The molecule has 0 bridgehead atoms. The fourth-order valence-electron chi connectivity index (χ4n) is 3.65. The Balaban J connectivity index is 1.51. The molecular formula is C26H25FN2O2. The van der Waals surface area contributed by atoms with E-state index in [-0.39, 0.29) is 30.1 Å². The smallest absolute Gasteiger partial charge is 0.251 e. The second kappa shape index (κ2) is 9.56. The summed E-state index contributed by atoms with van der Waals surface area (Å²) in [6, 6.07) is 24.6. The van der Waals surface area contributed by atoms with E-state index in [9.17, 15) is 14.0 Å². The zero-order chi connectivity index (χ0) is 21.6. The molecule has 158 valence electrons. The number of nitrogens with one attached hydrogen (secondary N) is 1. The molecule has 0 aliphatic heterocycles. The van der Waals surface area contributed by atoms with Crippen LogP contribution in [-0.4, -0.2) is 22.8 Å². The van der Waals surface area contributed by atoms with Crippen molar-refractivity contribution in [3.05, 3.63) is 107 Å². The lowest BCUT2D eigenvalue weighted by molar-refractivity contribution is -0.133. The SMILES string of the molecule is O=C(NC(CC(=O)N(Cc1ccc(F)cc1)C1CC1)c1ccccc1)c1ccccc1. The molecule has 1 saturated carbocycles. The van der Waals surface area contributed by atoms with Crippen LogP contribution in [0.15, 0.2) is 84.9 Å². The molecule has 1 atom stereocenters. The lowest BCUT2D eigenvalue weighted by Gasteiger charge is -2.26. The van der Waals surface area contributed by atoms with Crippen LogP contribution < -0.4 is 5.32 Å². The van der Waals surface area contributed by atoms with Gasteiger partial charge in [0.15, 0.2) is 0 Å². The number of amides is 2. The molecule has 31 heavy (non-hydrogen) atoms. The number of hydrogen-bond acceptors (Lipinski definition) is 2. The van der Waals surface area contributed by atoms with E-state index in [1.54, 1.807) is 24.3 Å². The maximum absolute atomic E-state index is 13.3. The lowest BCUT2D eigenvalue weighted by Crippen LogP contribution is -2.37. The van der Waals surface area contributed by atoms with E-state index in [1.165, 1.54) is 12.1 Å². The van der Waals surface area contributed by atoms with Gasteiger partial charge in [0.1, 0.15) is 5.82 Å². The highest BCUT2D eigenvalue weighted by Crippen LogP contribution is 2.30. The third-order valence-electron chi connectivity index (χ3n) is 5.50. The average molecular weight is 416 g/mol. The molecule has 4 nitrogen and oxygen atoms in total. The van der Waals surface area contributed by atoms with E-state index >= 15 is 0 Å². The Labute approximate surface area is 181 Å². The summed E-state index contributed by atoms with van der Waals surface area (Å²) in [6.45, 7) is 0.442. The number of carbonyl (C=O) groups is 2. The fourth-order valence-corrected chi connectivity index (χ4v) is 3.65. The molecule has 4 rings (SSSR count). The van der Waals surface area contributed by atoms with Crippen molar-refractivity contribution >= 4 is 11.8 Å². The van der Waals surface area contributed by atoms with Gasteiger partial charge in [0.05, 0.1) is 12.5 Å². The molecule has 1 aliphatic carbocycles. The van der Waals surface area contributed by atoms with Crippen molar-refractivity contribution in [3.8, 4) is 0 Å². The summed E-state index contributed by atoms with van der Waals surface area (Å²) in [7, 11) is 0. The van der Waals surface area contributed by atoms with Crippen LogP contribution in [0.1, 0.15) is 46.8 Å². The molecule has 0 aromatic heterocycles. The minimum Gasteiger partial charge on any atom is -0.345 e. The Morgan fingerprint density at radius 1 is 0.903 bits per heavy atom. The van der Waals surface area contributed by atoms with Gasteiger partial charge in [-0.25, -0.2) is 4.39 Å². The molecule has 5 heteroatoms. The molecule has 1 aliphatic rings. The number of nitrogens with zero attached hydrogens (tertiary/aromatic N) is 1. The van der Waals surface area contributed by atoms with Crippen molar-refractivity contribution in [2.24, 2.45) is 0 Å². The molecular weight excluding hydrogens is 391 g/mol. The van der Waals surface area contributed by atoms with E-state index < -0.39 is 6.04 Å². The summed E-state index contributed by atoms with van der Waals surface area (Å²) in [4.78, 5) is 27.9. The Hall–Kier alpha value is -3.47. The topological polar surface area (TPSA) is 49.4 Å². The van der Waals surface area contributed by atoms with Crippen molar-refractivity contribution in [3.63, 3.8) is 0 Å². The predicted molar refractivity (Wildman–Crippen MR) is 118 cm³/mol. The Morgan fingerprint density at radius 3 is 2.13 bits per heavy atom. The quantitative estimate of drug-likeness (QED) is 0.569. The molecule has 3 aromatic rings. The van der Waals surface area contributed by atoms with Crippen LogP contribution in [0.3, 0.4) is 0 Å². The van der Waals surface area contributed by atoms with Crippen LogP contribution >= 0.6 is 0 Å². The van der Waals surface area contributed by atoms with E-state index in [0.717, 1.165) is 24.0 Å². The zero-order valence-corrected chi connectivity index (χ0v) is 17.2. The third-order valence-corrected chi connectivity index (χ3v) is 5.50. The molecule has 0 spiro atoms. The van der Waals surface area contributed by atoms with Gasteiger partial charge in [-0.1, -0.05) is 60.7 Å². The van der Waals surface area contributed by atoms with Gasteiger partial charge in [-0.15, -0.1) is 0 Å². The summed E-state index contributed by atoms with van der Waals surface area (Å²) in [5.41, 5.74) is 2.34. The van der Waals surface area contributed by atoms with Crippen LogP contribution in [0.25, 0.3) is 0 Å². The highest BCUT2D eigenvalue weighted by molar-refractivity contribution is 5.94. The summed E-state index contributed by atoms with van der Waals surface area (Å²) in [5.74, 6) is -0.520. The van der Waals surface area contributed by atoms with Crippen molar-refractivity contribution in [2.75, 3.05) is 0 Å². The van der Waals surface area contributed by atoms with Crippen molar-refractivity contribution < 1.29 is 14.0 Å². The molecule has 0 radical (unpaired) electrons. The maximum Gasteiger partial charge on any atom is 0.251 e. The second-order valence-electron chi connectivity index (χ2n) is 7.89. The van der Waals surface area contributed by atoms with Crippen molar-refractivity contribution in [2.45, 2.75) is 37.9 Å². The second-order valence-corrected chi connectivity index (χ2v) is 7.89. The Morgan fingerprint density at radius 2 is 1.52 bits per heavy atom. The van der Waals surface area contributed by atoms with Crippen LogP contribution in [0.2, 0.25) is 0 Å². The van der Waals surface area contributed by atoms with Gasteiger partial charge in [-0.3, -0.25) is 9.59 Å². The first kappa shape index (κ1) is 20.8. The third kappa shape index (κ3) is 5.57. The van der Waals surface area contributed by atoms with Gasteiger partial charge < -0.3 is 10.2 Å². The molecule has 0 saturated heterocycles.